The molecule has 1 unspecified atom stereocenters. The molecular weight excluding hydrogens is 1100 g/mol. The molecule has 4 aromatic heterocycles. The summed E-state index contributed by atoms with van der Waals surface area (Å²) in [7, 11) is 0. The standard InChI is InChI=1S/C65H77FN10O8S/c1-6-42-14-11-15-45-32-47(77)33-49(55(42)45)57-56(66)58-50(35-67-57)60(73-26-9-7-8-10-27-73)71-63(70-58)82-37-65-24-13-29-76(65)46(21-25-65)36-81-64(80)74-30-22-48(23-31-74)83-53-34-52(84-72-53)54(39(2)3)62(79)75-28-12-16-51(75)61(78)69-40(4)43-17-19-44(20-18-43)59-41(5)68-38-85-59/h11,14-15,17-20,32-35,38-40,46,48,51,54,77H,6-10,12-13,16,21-31,36-37H2,1-5H3,(H,69,78)/t40-,46-,51-,54-,65?/m0/s1. The minimum atomic E-state index is -0.665. The van der Waals surface area contributed by atoms with E-state index >= 15 is 4.39 Å². The molecule has 0 bridgehead atoms. The second kappa shape index (κ2) is 24.9. The smallest absolute Gasteiger partial charge is 0.409 e. The first-order chi connectivity index (χ1) is 41.2. The summed E-state index contributed by atoms with van der Waals surface area (Å²) >= 11 is 1.60. The molecular formula is C65H77FN10O8S. The predicted octanol–water partition coefficient (Wildman–Crippen LogP) is 11.7. The Morgan fingerprint density at radius 1 is 0.894 bits per heavy atom. The zero-order valence-corrected chi connectivity index (χ0v) is 50.2. The number of aromatic nitrogens is 5. The average Bonchev–Trinajstić information content (AvgIpc) is 2.54. The van der Waals surface area contributed by atoms with E-state index in [2.05, 4.69) is 44.3 Å². The van der Waals surface area contributed by atoms with Gasteiger partial charge in [-0.2, -0.15) is 9.97 Å². The van der Waals surface area contributed by atoms with Crippen molar-refractivity contribution in [3.63, 3.8) is 0 Å². The van der Waals surface area contributed by atoms with Crippen molar-refractivity contribution in [2.75, 3.05) is 57.4 Å². The molecule has 448 valence electrons. The van der Waals surface area contributed by atoms with Gasteiger partial charge in [-0.1, -0.05) is 76.1 Å². The Bertz CT molecular complexity index is 3560. The number of phenolic OH excluding ortho intramolecular Hbond substituents is 1. The number of ether oxygens (including phenoxy) is 3. The highest BCUT2D eigenvalue weighted by Gasteiger charge is 2.50. The van der Waals surface area contributed by atoms with Gasteiger partial charge in [-0.25, -0.2) is 14.2 Å². The number of anilines is 1. The van der Waals surface area contributed by atoms with Gasteiger partial charge in [0.15, 0.2) is 11.6 Å². The fourth-order valence-electron chi connectivity index (χ4n) is 13.9. The van der Waals surface area contributed by atoms with Crippen LogP contribution >= 0.6 is 11.3 Å². The molecule has 12 rings (SSSR count). The lowest BCUT2D eigenvalue weighted by atomic mass is 9.91. The molecule has 0 spiro atoms. The Morgan fingerprint density at radius 2 is 1.69 bits per heavy atom. The lowest BCUT2D eigenvalue weighted by Gasteiger charge is -2.35. The van der Waals surface area contributed by atoms with E-state index in [0.717, 1.165) is 122 Å². The first kappa shape index (κ1) is 58.0. The number of piperidine rings is 1. The highest BCUT2D eigenvalue weighted by Crippen LogP contribution is 2.44. The third kappa shape index (κ3) is 11.8. The maximum Gasteiger partial charge on any atom is 0.409 e. The van der Waals surface area contributed by atoms with Crippen molar-refractivity contribution in [2.45, 2.75) is 154 Å². The summed E-state index contributed by atoms with van der Waals surface area (Å²) in [6.07, 6.45) is 12.0. The summed E-state index contributed by atoms with van der Waals surface area (Å²) in [5, 5.41) is 20.4. The molecule has 5 atom stereocenters. The number of aromatic hydroxyl groups is 1. The number of carbonyl (C=O) groups is 3. The number of hydrogen-bond donors (Lipinski definition) is 2. The number of pyridine rings is 1. The predicted molar refractivity (Wildman–Crippen MR) is 323 cm³/mol. The number of phenols is 1. The average molecular weight is 1180 g/mol. The number of fused-ring (bicyclic) bond motifs is 3. The van der Waals surface area contributed by atoms with E-state index in [9.17, 15) is 19.5 Å². The third-order valence-electron chi connectivity index (χ3n) is 18.5. The van der Waals surface area contributed by atoms with Gasteiger partial charge in [0, 0.05) is 69.4 Å². The fourth-order valence-corrected chi connectivity index (χ4v) is 14.7. The van der Waals surface area contributed by atoms with E-state index in [1.54, 1.807) is 45.5 Å². The monoisotopic (exact) mass is 1180 g/mol. The quantitative estimate of drug-likeness (QED) is 0.0871. The number of thiazole rings is 1. The summed E-state index contributed by atoms with van der Waals surface area (Å²) in [6, 6.07) is 18.3. The van der Waals surface area contributed by atoms with Crippen LogP contribution in [-0.4, -0.2) is 139 Å². The van der Waals surface area contributed by atoms with E-state index in [1.807, 2.05) is 63.5 Å². The molecule has 5 fully saturated rings. The number of benzene rings is 3. The number of nitrogens with zero attached hydrogens (tertiary/aromatic N) is 9. The SMILES string of the molecule is CCc1cccc2cc(O)cc(-c3ncc4c(N5CCCCCC5)nc(OCC56CCCN5[C@H](COC(=O)N5CCC(Oc7cc([C@@H](C(=O)N8CCC[C@H]8C(=O)N[C@@H](C)c8ccc(-c9scnc9C)cc8)C(C)C)on7)CC5)CC6)nc4c3F)c12. The molecule has 9 heterocycles. The zero-order valence-electron chi connectivity index (χ0n) is 49.4. The maximum absolute atomic E-state index is 17.3. The molecule has 3 amide bonds. The largest absolute Gasteiger partial charge is 0.508 e. The summed E-state index contributed by atoms with van der Waals surface area (Å²) in [4.78, 5) is 69.9. The van der Waals surface area contributed by atoms with Crippen LogP contribution in [0.4, 0.5) is 15.0 Å². The van der Waals surface area contributed by atoms with Crippen LogP contribution in [0.25, 0.3) is 43.4 Å². The Morgan fingerprint density at radius 3 is 2.45 bits per heavy atom. The summed E-state index contributed by atoms with van der Waals surface area (Å²) in [5.41, 5.74) is 6.35. The van der Waals surface area contributed by atoms with E-state index in [-0.39, 0.29) is 83.0 Å². The van der Waals surface area contributed by atoms with Gasteiger partial charge in [0.25, 0.3) is 5.88 Å². The molecule has 20 heteroatoms. The van der Waals surface area contributed by atoms with Crippen molar-refractivity contribution in [3.8, 4) is 39.3 Å². The molecule has 3 aromatic carbocycles. The van der Waals surface area contributed by atoms with Crippen LogP contribution in [0, 0.1) is 18.7 Å². The zero-order chi connectivity index (χ0) is 58.9. The van der Waals surface area contributed by atoms with Crippen LogP contribution in [0.5, 0.6) is 17.6 Å². The van der Waals surface area contributed by atoms with Gasteiger partial charge in [0.1, 0.15) is 54.1 Å². The van der Waals surface area contributed by atoms with Gasteiger partial charge < -0.3 is 43.9 Å². The number of rotatable bonds is 17. The van der Waals surface area contributed by atoms with Crippen molar-refractivity contribution < 1.29 is 42.6 Å². The number of hydrogen-bond acceptors (Lipinski definition) is 16. The van der Waals surface area contributed by atoms with Crippen molar-refractivity contribution in [2.24, 2.45) is 5.92 Å². The summed E-state index contributed by atoms with van der Waals surface area (Å²) in [5.74, 6) is -0.442. The van der Waals surface area contributed by atoms with E-state index in [4.69, 9.17) is 33.7 Å². The van der Waals surface area contributed by atoms with Crippen molar-refractivity contribution in [1.29, 1.82) is 0 Å². The van der Waals surface area contributed by atoms with Crippen LogP contribution in [0.2, 0.25) is 0 Å². The lowest BCUT2D eigenvalue weighted by Crippen LogP contribution is -2.48. The van der Waals surface area contributed by atoms with Crippen LogP contribution in [0.3, 0.4) is 0 Å². The third-order valence-corrected chi connectivity index (χ3v) is 19.5. The highest BCUT2D eigenvalue weighted by molar-refractivity contribution is 7.13. The maximum atomic E-state index is 17.3. The van der Waals surface area contributed by atoms with Crippen LogP contribution in [0.15, 0.2) is 76.9 Å². The number of likely N-dealkylation sites (tertiary alicyclic amines) is 2. The van der Waals surface area contributed by atoms with Gasteiger partial charge in [-0.3, -0.25) is 19.5 Å². The van der Waals surface area contributed by atoms with Crippen molar-refractivity contribution in [3.05, 3.63) is 101 Å². The Hall–Kier alpha value is -7.45. The number of halogens is 1. The number of amides is 3. The van der Waals surface area contributed by atoms with Crippen LogP contribution < -0.4 is 19.7 Å². The van der Waals surface area contributed by atoms with Crippen LogP contribution in [-0.2, 0) is 20.7 Å². The van der Waals surface area contributed by atoms with Gasteiger partial charge in [-0.15, -0.1) is 11.3 Å². The second-order valence-corrected chi connectivity index (χ2v) is 25.1. The van der Waals surface area contributed by atoms with E-state index in [1.165, 1.54) is 0 Å². The number of nitrogens with one attached hydrogen (secondary N) is 1. The normalized spacial score (nSPS) is 21.1. The van der Waals surface area contributed by atoms with Crippen LogP contribution in [0.1, 0.15) is 139 Å². The molecule has 0 aliphatic carbocycles. The molecule has 5 saturated heterocycles. The summed E-state index contributed by atoms with van der Waals surface area (Å²) in [6.45, 7) is 14.2. The molecule has 0 radical (unpaired) electrons. The first-order valence-electron chi connectivity index (χ1n) is 30.7. The molecule has 18 nitrogen and oxygen atoms in total. The highest BCUT2D eigenvalue weighted by atomic mass is 32.1. The molecule has 2 N–H and O–H groups in total. The van der Waals surface area contributed by atoms with Crippen molar-refractivity contribution in [1.82, 2.24) is 45.1 Å². The van der Waals surface area contributed by atoms with E-state index < -0.39 is 17.8 Å². The van der Waals surface area contributed by atoms with E-state index in [0.29, 0.717) is 68.0 Å². The van der Waals surface area contributed by atoms with Gasteiger partial charge in [0.2, 0.25) is 11.8 Å². The minimum Gasteiger partial charge on any atom is -0.508 e. The minimum absolute atomic E-state index is 0.00545. The first-order valence-corrected chi connectivity index (χ1v) is 31.6. The molecule has 0 saturated carbocycles. The topological polar surface area (TPSA) is 202 Å². The molecule has 5 aliphatic heterocycles. The second-order valence-electron chi connectivity index (χ2n) is 24.3. The fraction of sp³-hybridized carbons (Fsp3) is 0.508. The molecule has 5 aliphatic rings. The number of carbonyl (C=O) groups excluding carboxylic acids is 3. The van der Waals surface area contributed by atoms with Gasteiger partial charge in [-0.05, 0) is 129 Å². The number of aryl methyl sites for hydroxylation is 2. The Kier molecular flexibility index (Phi) is 17.0. The van der Waals surface area contributed by atoms with Gasteiger partial charge >= 0.3 is 12.1 Å². The van der Waals surface area contributed by atoms with Gasteiger partial charge in [0.05, 0.1) is 33.0 Å². The molecule has 7 aromatic rings. The Balaban J connectivity index is 0.646. The lowest BCUT2D eigenvalue weighted by molar-refractivity contribution is -0.141. The Labute approximate surface area is 499 Å². The molecule has 85 heavy (non-hydrogen) atoms. The van der Waals surface area contributed by atoms with Crippen molar-refractivity contribution >= 4 is 56.7 Å². The summed E-state index contributed by atoms with van der Waals surface area (Å²) < 4.78 is 42.1.